The number of hydrogen-bond donors (Lipinski definition) is 2. The Labute approximate surface area is 232 Å². The van der Waals surface area contributed by atoms with Gasteiger partial charge < -0.3 is 29.3 Å². The molecule has 6 rings (SSSR count). The average Bonchev–Trinajstić information content (AvgIpc) is 3.17. The van der Waals surface area contributed by atoms with Gasteiger partial charge in [-0.05, 0) is 25.7 Å². The van der Waals surface area contributed by atoms with E-state index in [0.717, 1.165) is 26.1 Å². The summed E-state index contributed by atoms with van der Waals surface area (Å²) < 4.78 is 27.1. The van der Waals surface area contributed by atoms with E-state index in [0.29, 0.717) is 93.0 Å². The minimum atomic E-state index is -1.04. The molecule has 11 nitrogen and oxygen atoms in total. The lowest BCUT2D eigenvalue weighted by molar-refractivity contribution is -0.124. The molecule has 1 aromatic carbocycles. The molecule has 216 valence electrons. The van der Waals surface area contributed by atoms with Crippen LogP contribution in [-0.2, 0) is 21.4 Å². The molecule has 0 unspecified atom stereocenters. The zero-order chi connectivity index (χ0) is 27.9. The highest BCUT2D eigenvalue weighted by Crippen LogP contribution is 2.50. The number of ether oxygens (including phenoxy) is 2. The number of aliphatic hydroxyl groups excluding tert-OH is 1. The average molecular weight is 557 g/mol. The lowest BCUT2D eigenvalue weighted by atomic mass is 9.73. The molecular formula is C28H37FN6O5. The van der Waals surface area contributed by atoms with Gasteiger partial charge in [0.2, 0.25) is 11.9 Å². The minimum Gasteiger partial charge on any atom is -0.492 e. The van der Waals surface area contributed by atoms with Crippen molar-refractivity contribution in [2.75, 3.05) is 94.0 Å². The van der Waals surface area contributed by atoms with Crippen LogP contribution in [0.25, 0.3) is 0 Å². The monoisotopic (exact) mass is 556 g/mol. The fourth-order valence-electron chi connectivity index (χ4n) is 6.58. The highest BCUT2D eigenvalue weighted by Gasteiger charge is 2.54. The zero-order valence-electron chi connectivity index (χ0n) is 23.0. The number of fused-ring (bicyclic) bond motifs is 3. The van der Waals surface area contributed by atoms with Crippen LogP contribution in [0.5, 0.6) is 5.75 Å². The molecule has 40 heavy (non-hydrogen) atoms. The second kappa shape index (κ2) is 11.0. The molecule has 2 aromatic rings. The number of aromatic amines is 1. The third kappa shape index (κ3) is 4.71. The standard InChI is InChI=1S/C28H37FN6O5/c1-32-6-2-3-20-24(32)30-27(31-25(20)37)34-7-4-28(5-8-34)23-21(29)17-19(18-22(23)35(9-13-36)26(28)38)40-16-12-33-10-14-39-15-11-33/h17-18,36H,2-16H2,1H3,(H,30,31,37). The number of benzene rings is 1. The second-order valence-corrected chi connectivity index (χ2v) is 11.1. The number of β-amino-alcohol motifs (C(OH)–C–C–N with tert-alkyl or cyclic N) is 1. The lowest BCUT2D eigenvalue weighted by Gasteiger charge is -2.39. The first kappa shape index (κ1) is 27.0. The fraction of sp³-hybridized carbons (Fsp3) is 0.607. The number of halogens is 1. The maximum atomic E-state index is 15.8. The number of morpholine rings is 1. The van der Waals surface area contributed by atoms with Gasteiger partial charge in [0, 0.05) is 70.6 Å². The number of nitrogens with zero attached hydrogens (tertiary/aromatic N) is 5. The quantitative estimate of drug-likeness (QED) is 0.513. The maximum Gasteiger partial charge on any atom is 0.257 e. The van der Waals surface area contributed by atoms with Crippen LogP contribution >= 0.6 is 0 Å². The summed E-state index contributed by atoms with van der Waals surface area (Å²) in [5.41, 5.74) is 0.377. The van der Waals surface area contributed by atoms with Crippen LogP contribution in [0.4, 0.5) is 21.8 Å². The summed E-state index contributed by atoms with van der Waals surface area (Å²) in [6, 6.07) is 3.10. The zero-order valence-corrected chi connectivity index (χ0v) is 23.0. The van der Waals surface area contributed by atoms with Crippen LogP contribution in [0, 0.1) is 5.82 Å². The lowest BCUT2D eigenvalue weighted by Crippen LogP contribution is -2.50. The molecule has 1 spiro atoms. The van der Waals surface area contributed by atoms with Crippen molar-refractivity contribution in [1.82, 2.24) is 14.9 Å². The van der Waals surface area contributed by atoms with Crippen LogP contribution < -0.4 is 25.0 Å². The molecule has 2 saturated heterocycles. The van der Waals surface area contributed by atoms with Gasteiger partial charge in [-0.15, -0.1) is 0 Å². The number of rotatable bonds is 7. The Morgan fingerprint density at radius 2 is 1.90 bits per heavy atom. The van der Waals surface area contributed by atoms with Gasteiger partial charge in [0.25, 0.3) is 5.56 Å². The van der Waals surface area contributed by atoms with E-state index in [9.17, 15) is 14.7 Å². The van der Waals surface area contributed by atoms with Gasteiger partial charge >= 0.3 is 0 Å². The van der Waals surface area contributed by atoms with Gasteiger partial charge in [0.1, 0.15) is 24.0 Å². The van der Waals surface area contributed by atoms with Crippen molar-refractivity contribution in [2.24, 2.45) is 0 Å². The predicted octanol–water partition coefficient (Wildman–Crippen LogP) is 0.880. The van der Waals surface area contributed by atoms with Crippen molar-refractivity contribution in [3.63, 3.8) is 0 Å². The Morgan fingerprint density at radius 1 is 1.12 bits per heavy atom. The molecule has 4 aliphatic heterocycles. The number of H-pyrrole nitrogens is 1. The Bertz CT molecular complexity index is 1320. The third-order valence-corrected chi connectivity index (χ3v) is 8.75. The van der Waals surface area contributed by atoms with Gasteiger partial charge in [-0.3, -0.25) is 19.5 Å². The molecule has 0 bridgehead atoms. The third-order valence-electron chi connectivity index (χ3n) is 8.75. The molecule has 0 saturated carbocycles. The number of aromatic nitrogens is 2. The number of piperidine rings is 1. The Balaban J connectivity index is 1.23. The summed E-state index contributed by atoms with van der Waals surface area (Å²) in [4.78, 5) is 42.0. The number of amides is 1. The molecule has 1 amide bonds. The molecule has 0 atom stereocenters. The molecule has 5 heterocycles. The van der Waals surface area contributed by atoms with Gasteiger partial charge in [-0.25, -0.2) is 4.39 Å². The SMILES string of the molecule is CN1CCCc2c1nc(N1CCC3(CC1)C(=O)N(CCO)c1cc(OCCN4CCOCC4)cc(F)c13)[nH]c2=O. The second-order valence-electron chi connectivity index (χ2n) is 11.1. The van der Waals surface area contributed by atoms with Gasteiger partial charge in [0.05, 0.1) is 36.5 Å². The van der Waals surface area contributed by atoms with Gasteiger partial charge in [0.15, 0.2) is 0 Å². The van der Waals surface area contributed by atoms with E-state index < -0.39 is 11.2 Å². The van der Waals surface area contributed by atoms with E-state index >= 15 is 4.39 Å². The van der Waals surface area contributed by atoms with Crippen LogP contribution in [0.2, 0.25) is 0 Å². The van der Waals surface area contributed by atoms with Crippen molar-refractivity contribution < 1.29 is 23.8 Å². The molecule has 4 aliphatic rings. The summed E-state index contributed by atoms with van der Waals surface area (Å²) in [6.45, 7) is 5.73. The first-order valence-electron chi connectivity index (χ1n) is 14.2. The van der Waals surface area contributed by atoms with Crippen LogP contribution in [0.15, 0.2) is 16.9 Å². The largest absolute Gasteiger partial charge is 0.492 e. The molecule has 2 fully saturated rings. The Hall–Kier alpha value is -3.22. The number of anilines is 3. The Kier molecular flexibility index (Phi) is 7.41. The fourth-order valence-corrected chi connectivity index (χ4v) is 6.58. The number of carbonyl (C=O) groups excluding carboxylic acids is 1. The minimum absolute atomic E-state index is 0.0833. The first-order chi connectivity index (χ1) is 19.4. The first-order valence-corrected chi connectivity index (χ1v) is 14.2. The normalized spacial score (nSPS) is 20.7. The molecule has 2 N–H and O–H groups in total. The van der Waals surface area contributed by atoms with Crippen molar-refractivity contribution in [2.45, 2.75) is 31.1 Å². The molecule has 0 aliphatic carbocycles. The van der Waals surface area contributed by atoms with E-state index in [4.69, 9.17) is 14.5 Å². The van der Waals surface area contributed by atoms with Crippen LogP contribution in [0.1, 0.15) is 30.4 Å². The summed E-state index contributed by atoms with van der Waals surface area (Å²) in [7, 11) is 1.94. The molecule has 0 radical (unpaired) electrons. The van der Waals surface area contributed by atoms with E-state index in [1.807, 2.05) is 16.8 Å². The number of carbonyl (C=O) groups is 1. The number of hydrogen-bond acceptors (Lipinski definition) is 9. The van der Waals surface area contributed by atoms with Crippen molar-refractivity contribution >= 4 is 23.4 Å². The van der Waals surface area contributed by atoms with E-state index in [-0.39, 0.29) is 24.6 Å². The van der Waals surface area contributed by atoms with Gasteiger partial charge in [-0.1, -0.05) is 0 Å². The van der Waals surface area contributed by atoms with Crippen LogP contribution in [0.3, 0.4) is 0 Å². The van der Waals surface area contributed by atoms with Gasteiger partial charge in [-0.2, -0.15) is 4.98 Å². The highest BCUT2D eigenvalue weighted by molar-refractivity contribution is 6.08. The summed E-state index contributed by atoms with van der Waals surface area (Å²) in [5.74, 6) is 0.883. The summed E-state index contributed by atoms with van der Waals surface area (Å²) in [5, 5.41) is 9.73. The summed E-state index contributed by atoms with van der Waals surface area (Å²) in [6.07, 6.45) is 2.35. The van der Waals surface area contributed by atoms with E-state index in [2.05, 4.69) is 9.88 Å². The summed E-state index contributed by atoms with van der Waals surface area (Å²) >= 11 is 0. The molecule has 1 aromatic heterocycles. The molecule has 12 heteroatoms. The topological polar surface area (TPSA) is 114 Å². The Morgan fingerprint density at radius 3 is 2.65 bits per heavy atom. The van der Waals surface area contributed by atoms with Crippen molar-refractivity contribution in [3.8, 4) is 5.75 Å². The maximum absolute atomic E-state index is 15.8. The smallest absolute Gasteiger partial charge is 0.257 e. The van der Waals surface area contributed by atoms with Crippen molar-refractivity contribution in [1.29, 1.82) is 0 Å². The van der Waals surface area contributed by atoms with E-state index in [1.165, 1.54) is 11.0 Å². The highest BCUT2D eigenvalue weighted by atomic mass is 19.1. The predicted molar refractivity (Wildman–Crippen MR) is 148 cm³/mol. The van der Waals surface area contributed by atoms with E-state index in [1.54, 1.807) is 6.07 Å². The van der Waals surface area contributed by atoms with Crippen molar-refractivity contribution in [3.05, 3.63) is 39.4 Å². The number of nitrogens with one attached hydrogen (secondary N) is 1. The molecular weight excluding hydrogens is 519 g/mol. The van der Waals surface area contributed by atoms with Crippen LogP contribution in [-0.4, -0.2) is 105 Å². The number of aliphatic hydroxyl groups is 1.